The molecule has 2 aromatic carbocycles. The van der Waals surface area contributed by atoms with E-state index in [-0.39, 0.29) is 12.1 Å². The molecule has 0 aliphatic carbocycles. The number of hydrogen-bond donors (Lipinski definition) is 1. The highest BCUT2D eigenvalue weighted by atomic mass is 79.9. The van der Waals surface area contributed by atoms with E-state index in [4.69, 9.17) is 9.15 Å². The molecule has 0 saturated carbocycles. The van der Waals surface area contributed by atoms with Crippen molar-refractivity contribution in [2.75, 3.05) is 12.4 Å². The van der Waals surface area contributed by atoms with Crippen molar-refractivity contribution in [1.82, 2.24) is 4.98 Å². The third-order valence-electron chi connectivity index (χ3n) is 3.55. The summed E-state index contributed by atoms with van der Waals surface area (Å²) in [6.07, 6.45) is 0. The Labute approximate surface area is 141 Å². The van der Waals surface area contributed by atoms with Crippen LogP contribution in [0, 0.1) is 0 Å². The summed E-state index contributed by atoms with van der Waals surface area (Å²) in [5, 5.41) is 3.43. The van der Waals surface area contributed by atoms with E-state index in [1.807, 2.05) is 37.3 Å². The van der Waals surface area contributed by atoms with Gasteiger partial charge in [0.15, 0.2) is 0 Å². The van der Waals surface area contributed by atoms with Crippen LogP contribution in [0.15, 0.2) is 56.1 Å². The fourth-order valence-electron chi connectivity index (χ4n) is 2.38. The number of rotatable bonds is 4. The lowest BCUT2D eigenvalue weighted by atomic mass is 10.1. The molecule has 0 radical (unpaired) electrons. The van der Waals surface area contributed by atoms with Crippen LogP contribution in [0.4, 0.5) is 6.01 Å². The lowest BCUT2D eigenvalue weighted by Gasteiger charge is -2.14. The molecule has 1 aromatic heterocycles. The summed E-state index contributed by atoms with van der Waals surface area (Å²) in [7, 11) is 1.50. The van der Waals surface area contributed by atoms with Gasteiger partial charge in [-0.15, -0.1) is 0 Å². The molecular weight excluding hydrogens is 360 g/mol. The molecule has 0 bridgehead atoms. The van der Waals surface area contributed by atoms with Crippen LogP contribution in [0.25, 0.3) is 10.9 Å². The summed E-state index contributed by atoms with van der Waals surface area (Å²) in [4.78, 5) is 16.7. The topological polar surface area (TPSA) is 64.4 Å². The number of fused-ring (bicyclic) bond motifs is 1. The van der Waals surface area contributed by atoms with Gasteiger partial charge in [-0.2, -0.15) is 4.98 Å². The Bertz CT molecular complexity index is 893. The first-order valence-electron chi connectivity index (χ1n) is 7.09. The first kappa shape index (κ1) is 15.6. The molecule has 5 nitrogen and oxygen atoms in total. The molecule has 0 amide bonds. The van der Waals surface area contributed by atoms with Gasteiger partial charge in [0.2, 0.25) is 0 Å². The molecule has 23 heavy (non-hydrogen) atoms. The van der Waals surface area contributed by atoms with Crippen molar-refractivity contribution in [2.24, 2.45) is 0 Å². The summed E-state index contributed by atoms with van der Waals surface area (Å²) in [6, 6.07) is 13.5. The Morgan fingerprint density at radius 3 is 2.65 bits per heavy atom. The van der Waals surface area contributed by atoms with Gasteiger partial charge >= 0.3 is 5.63 Å². The van der Waals surface area contributed by atoms with Gasteiger partial charge in [0.05, 0.1) is 23.1 Å². The second-order valence-corrected chi connectivity index (χ2v) is 5.91. The number of halogens is 1. The minimum absolute atomic E-state index is 0.0401. The van der Waals surface area contributed by atoms with Crippen LogP contribution >= 0.6 is 15.9 Å². The third-order valence-corrected chi connectivity index (χ3v) is 4.17. The average Bonchev–Trinajstić information content (AvgIpc) is 2.56. The van der Waals surface area contributed by atoms with Crippen molar-refractivity contribution in [1.29, 1.82) is 0 Å². The predicted octanol–water partition coefficient (Wildman–Crippen LogP) is 4.13. The zero-order valence-electron chi connectivity index (χ0n) is 12.7. The average molecular weight is 375 g/mol. The van der Waals surface area contributed by atoms with Gasteiger partial charge in [-0.1, -0.05) is 30.3 Å². The highest BCUT2D eigenvalue weighted by Gasteiger charge is 2.15. The number of ether oxygens (including phenoxy) is 1. The maximum atomic E-state index is 12.3. The van der Waals surface area contributed by atoms with Crippen LogP contribution in [0.1, 0.15) is 18.5 Å². The summed E-state index contributed by atoms with van der Waals surface area (Å²) in [6.45, 7) is 1.98. The van der Waals surface area contributed by atoms with Gasteiger partial charge in [-0.05, 0) is 40.5 Å². The summed E-state index contributed by atoms with van der Waals surface area (Å²) >= 11 is 3.35. The second-order valence-electron chi connectivity index (χ2n) is 5.06. The van der Waals surface area contributed by atoms with Gasteiger partial charge in [0.25, 0.3) is 6.01 Å². The molecule has 0 fully saturated rings. The Balaban J connectivity index is 2.01. The van der Waals surface area contributed by atoms with E-state index in [2.05, 4.69) is 26.2 Å². The number of methoxy groups -OCH3 is 1. The van der Waals surface area contributed by atoms with Crippen molar-refractivity contribution in [2.45, 2.75) is 13.0 Å². The summed E-state index contributed by atoms with van der Waals surface area (Å²) in [5.41, 5.74) is 1.10. The van der Waals surface area contributed by atoms with Crippen molar-refractivity contribution in [3.05, 3.63) is 62.9 Å². The van der Waals surface area contributed by atoms with Crippen molar-refractivity contribution in [3.8, 4) is 5.75 Å². The van der Waals surface area contributed by atoms with Gasteiger partial charge < -0.3 is 14.5 Å². The van der Waals surface area contributed by atoms with E-state index in [1.165, 1.54) is 7.11 Å². The molecule has 0 aliphatic rings. The highest BCUT2D eigenvalue weighted by Crippen LogP contribution is 2.31. The molecule has 1 atom stereocenters. The molecule has 1 N–H and O–H groups in total. The standard InChI is InChI=1S/C17H15BrN2O3/c1-10(11-6-4-3-5-7-11)19-17-20-13-9-8-12(18)15(22-2)14(13)16(21)23-17/h3-10H,1-2H3,(H,19,20)/t10-/m1/s1. The Kier molecular flexibility index (Phi) is 4.34. The Hall–Kier alpha value is -2.34. The number of aromatic nitrogens is 1. The Morgan fingerprint density at radius 1 is 1.22 bits per heavy atom. The predicted molar refractivity (Wildman–Crippen MR) is 93.0 cm³/mol. The molecule has 3 rings (SSSR count). The van der Waals surface area contributed by atoms with E-state index in [1.54, 1.807) is 12.1 Å². The SMILES string of the molecule is COc1c(Br)ccc2nc(N[C@H](C)c3ccccc3)oc(=O)c12. The lowest BCUT2D eigenvalue weighted by Crippen LogP contribution is -2.12. The van der Waals surface area contributed by atoms with Crippen molar-refractivity contribution >= 4 is 32.8 Å². The smallest absolute Gasteiger partial charge is 0.351 e. The molecule has 0 spiro atoms. The molecular formula is C17H15BrN2O3. The van der Waals surface area contributed by atoms with Crippen LogP contribution < -0.4 is 15.7 Å². The van der Waals surface area contributed by atoms with Crippen LogP contribution in [0.3, 0.4) is 0 Å². The Morgan fingerprint density at radius 2 is 1.96 bits per heavy atom. The minimum atomic E-state index is -0.490. The number of benzene rings is 2. The molecule has 118 valence electrons. The normalized spacial score (nSPS) is 12.1. The lowest BCUT2D eigenvalue weighted by molar-refractivity contribution is 0.414. The van der Waals surface area contributed by atoms with Crippen LogP contribution in [0.2, 0.25) is 0 Å². The second kappa shape index (κ2) is 6.42. The quantitative estimate of drug-likeness (QED) is 0.743. The van der Waals surface area contributed by atoms with E-state index in [9.17, 15) is 4.79 Å². The third kappa shape index (κ3) is 3.07. The van der Waals surface area contributed by atoms with Gasteiger partial charge in [-0.25, -0.2) is 4.79 Å². The minimum Gasteiger partial charge on any atom is -0.495 e. The van der Waals surface area contributed by atoms with E-state index in [0.29, 0.717) is 21.1 Å². The molecule has 0 saturated heterocycles. The monoisotopic (exact) mass is 374 g/mol. The summed E-state index contributed by atoms with van der Waals surface area (Å²) in [5.74, 6) is 0.423. The molecule has 1 heterocycles. The van der Waals surface area contributed by atoms with E-state index < -0.39 is 5.63 Å². The maximum Gasteiger partial charge on any atom is 0.351 e. The van der Waals surface area contributed by atoms with Crippen molar-refractivity contribution in [3.63, 3.8) is 0 Å². The molecule has 0 unspecified atom stereocenters. The molecule has 0 aliphatic heterocycles. The van der Waals surface area contributed by atoms with Crippen LogP contribution in [-0.2, 0) is 0 Å². The first-order chi connectivity index (χ1) is 11.1. The highest BCUT2D eigenvalue weighted by molar-refractivity contribution is 9.10. The molecule has 3 aromatic rings. The zero-order valence-corrected chi connectivity index (χ0v) is 14.3. The van der Waals surface area contributed by atoms with Crippen molar-refractivity contribution < 1.29 is 9.15 Å². The number of anilines is 1. The molecule has 6 heteroatoms. The van der Waals surface area contributed by atoms with Crippen LogP contribution in [-0.4, -0.2) is 12.1 Å². The largest absolute Gasteiger partial charge is 0.495 e. The van der Waals surface area contributed by atoms with E-state index >= 15 is 0 Å². The number of nitrogens with one attached hydrogen (secondary N) is 1. The van der Waals surface area contributed by atoms with Crippen LogP contribution in [0.5, 0.6) is 5.75 Å². The fourth-order valence-corrected chi connectivity index (χ4v) is 2.87. The van der Waals surface area contributed by atoms with Gasteiger partial charge in [0.1, 0.15) is 11.1 Å². The maximum absolute atomic E-state index is 12.3. The number of hydrogen-bond acceptors (Lipinski definition) is 5. The number of nitrogens with zero attached hydrogens (tertiary/aromatic N) is 1. The first-order valence-corrected chi connectivity index (χ1v) is 7.88. The van der Waals surface area contributed by atoms with E-state index in [0.717, 1.165) is 5.56 Å². The van der Waals surface area contributed by atoms with Gasteiger partial charge in [-0.3, -0.25) is 0 Å². The fraction of sp³-hybridized carbons (Fsp3) is 0.176. The van der Waals surface area contributed by atoms with Gasteiger partial charge in [0, 0.05) is 0 Å². The zero-order chi connectivity index (χ0) is 16.4. The summed E-state index contributed by atoms with van der Waals surface area (Å²) < 4.78 is 11.2.